The lowest BCUT2D eigenvalue weighted by Crippen LogP contribution is -2.58. The van der Waals surface area contributed by atoms with Crippen molar-refractivity contribution >= 4 is 6.03 Å². The number of carbonyl (C=O) groups excluding carboxylic acids is 1. The summed E-state index contributed by atoms with van der Waals surface area (Å²) in [7, 11) is 0. The summed E-state index contributed by atoms with van der Waals surface area (Å²) in [6, 6.07) is 12.9. The van der Waals surface area contributed by atoms with Gasteiger partial charge in [-0.25, -0.2) is 22.4 Å². The van der Waals surface area contributed by atoms with Crippen molar-refractivity contribution in [2.45, 2.75) is 74.7 Å². The Kier molecular flexibility index (Phi) is 8.79. The van der Waals surface area contributed by atoms with Crippen molar-refractivity contribution in [1.82, 2.24) is 16.0 Å². The predicted molar refractivity (Wildman–Crippen MR) is 145 cm³/mol. The summed E-state index contributed by atoms with van der Waals surface area (Å²) in [6.07, 6.45) is -8.76. The fourth-order valence-corrected chi connectivity index (χ4v) is 5.23. The monoisotopic (exact) mass is 627 g/mol. The maximum absolute atomic E-state index is 15.1. The van der Waals surface area contributed by atoms with Crippen molar-refractivity contribution in [3.63, 3.8) is 0 Å². The van der Waals surface area contributed by atoms with Crippen LogP contribution in [0.2, 0.25) is 0 Å². The van der Waals surface area contributed by atoms with Crippen LogP contribution >= 0.6 is 0 Å². The number of alkyl halides is 6. The highest BCUT2D eigenvalue weighted by Gasteiger charge is 2.47. The normalized spacial score (nSPS) is 17.9. The van der Waals surface area contributed by atoms with Crippen molar-refractivity contribution in [3.05, 3.63) is 101 Å². The molecule has 0 heterocycles. The maximum Gasteiger partial charge on any atom is 0.461 e. The van der Waals surface area contributed by atoms with Gasteiger partial charge in [0.05, 0.1) is 5.54 Å². The number of hydrogen-bond acceptors (Lipinski definition) is 3. The summed E-state index contributed by atoms with van der Waals surface area (Å²) in [4.78, 5) is 13.4. The SMILES string of the molecule is O=C(NC1CC(F)(F)C1)N[C@@](Cc1ccccc1)(c1cc(F)cc(OC(F)(F)C(F)F)c1)c1ccc(F)c(CNC2CC2)c1. The molecule has 0 bridgehead atoms. The van der Waals surface area contributed by atoms with Crippen LogP contribution in [0.25, 0.3) is 0 Å². The lowest BCUT2D eigenvalue weighted by Gasteiger charge is -2.39. The van der Waals surface area contributed by atoms with Crippen LogP contribution in [0, 0.1) is 11.6 Å². The number of urea groups is 1. The molecule has 0 radical (unpaired) electrons. The van der Waals surface area contributed by atoms with Crippen LogP contribution in [-0.4, -0.2) is 36.6 Å². The molecule has 2 aliphatic rings. The van der Waals surface area contributed by atoms with Gasteiger partial charge < -0.3 is 20.7 Å². The van der Waals surface area contributed by atoms with E-state index in [-0.39, 0.29) is 35.7 Å². The molecule has 13 heteroatoms. The topological polar surface area (TPSA) is 62.4 Å². The first-order chi connectivity index (χ1) is 20.7. The second kappa shape index (κ2) is 12.3. The smallest absolute Gasteiger partial charge is 0.428 e. The second-order valence-electron chi connectivity index (χ2n) is 11.2. The van der Waals surface area contributed by atoms with Gasteiger partial charge in [-0.1, -0.05) is 36.4 Å². The highest BCUT2D eigenvalue weighted by molar-refractivity contribution is 5.77. The molecule has 3 N–H and O–H groups in total. The van der Waals surface area contributed by atoms with E-state index in [9.17, 15) is 35.5 Å². The van der Waals surface area contributed by atoms with Crippen molar-refractivity contribution in [2.75, 3.05) is 0 Å². The Bertz CT molecular complexity index is 1480. The number of ether oxygens (including phenoxy) is 1. The Morgan fingerprint density at radius 3 is 2.27 bits per heavy atom. The van der Waals surface area contributed by atoms with Gasteiger partial charge in [0.2, 0.25) is 0 Å². The highest BCUT2D eigenvalue weighted by Crippen LogP contribution is 2.40. The van der Waals surface area contributed by atoms with E-state index in [0.717, 1.165) is 31.0 Å². The summed E-state index contributed by atoms with van der Waals surface area (Å²) in [5, 5.41) is 8.34. The van der Waals surface area contributed by atoms with Gasteiger partial charge in [-0.05, 0) is 53.8 Å². The number of rotatable bonds is 12. The Labute approximate surface area is 248 Å². The van der Waals surface area contributed by atoms with Gasteiger partial charge in [0.1, 0.15) is 17.4 Å². The third kappa shape index (κ3) is 7.43. The van der Waals surface area contributed by atoms with E-state index in [0.29, 0.717) is 11.6 Å². The van der Waals surface area contributed by atoms with Crippen LogP contribution in [0.3, 0.4) is 0 Å². The molecule has 2 amide bonds. The Balaban J connectivity index is 1.63. The molecular formula is C31H29F8N3O2. The van der Waals surface area contributed by atoms with Gasteiger partial charge in [0.25, 0.3) is 5.92 Å². The standard InChI is InChI=1S/C31H29F8N3O2/c32-22-11-21(12-25(13-22)44-31(38,39)27(34)35)30(14-18-4-2-1-3-5-18,42-28(43)41-24-15-29(36,37)16-24)20-6-9-26(33)19(10-20)17-40-23-7-8-23/h1-6,9-13,23-24,27,40H,7-8,14-17H2,(H2,41,42,43)/t30-/m1/s1. The summed E-state index contributed by atoms with van der Waals surface area (Å²) < 4.78 is 115. The molecule has 5 nitrogen and oxygen atoms in total. The van der Waals surface area contributed by atoms with E-state index in [1.165, 1.54) is 12.1 Å². The second-order valence-corrected chi connectivity index (χ2v) is 11.2. The molecule has 5 rings (SSSR count). The fourth-order valence-electron chi connectivity index (χ4n) is 5.23. The van der Waals surface area contributed by atoms with Gasteiger partial charge in [-0.15, -0.1) is 0 Å². The lowest BCUT2D eigenvalue weighted by molar-refractivity contribution is -0.253. The zero-order valence-electron chi connectivity index (χ0n) is 23.2. The molecule has 0 aliphatic heterocycles. The average Bonchev–Trinajstić information content (AvgIpc) is 3.76. The third-order valence-corrected chi connectivity index (χ3v) is 7.63. The summed E-state index contributed by atoms with van der Waals surface area (Å²) >= 11 is 0. The third-order valence-electron chi connectivity index (χ3n) is 7.63. The minimum absolute atomic E-state index is 0.104. The molecule has 3 aromatic carbocycles. The van der Waals surface area contributed by atoms with Crippen LogP contribution < -0.4 is 20.7 Å². The lowest BCUT2D eigenvalue weighted by atomic mass is 9.77. The van der Waals surface area contributed by atoms with Gasteiger partial charge in [-0.2, -0.15) is 17.6 Å². The van der Waals surface area contributed by atoms with E-state index in [2.05, 4.69) is 20.7 Å². The first-order valence-electron chi connectivity index (χ1n) is 13.9. The van der Waals surface area contributed by atoms with E-state index in [4.69, 9.17) is 0 Å². The molecule has 0 unspecified atom stereocenters. The molecule has 236 valence electrons. The molecular weight excluding hydrogens is 598 g/mol. The molecule has 2 fully saturated rings. The molecule has 44 heavy (non-hydrogen) atoms. The minimum Gasteiger partial charge on any atom is -0.428 e. The van der Waals surface area contributed by atoms with Crippen molar-refractivity contribution in [3.8, 4) is 5.75 Å². The summed E-state index contributed by atoms with van der Waals surface area (Å²) in [6.45, 7) is 0.104. The fraction of sp³-hybridized carbons (Fsp3) is 0.387. The molecule has 2 aliphatic carbocycles. The van der Waals surface area contributed by atoms with Gasteiger partial charge in [0, 0.05) is 49.5 Å². The number of amides is 2. The maximum atomic E-state index is 15.1. The highest BCUT2D eigenvalue weighted by atomic mass is 19.3. The molecule has 2 saturated carbocycles. The Hall–Kier alpha value is -3.87. The van der Waals surface area contributed by atoms with Gasteiger partial charge >= 0.3 is 18.6 Å². The summed E-state index contributed by atoms with van der Waals surface area (Å²) in [5.41, 5.74) is -1.15. The summed E-state index contributed by atoms with van der Waals surface area (Å²) in [5.74, 6) is -5.65. The van der Waals surface area contributed by atoms with E-state index in [1.807, 2.05) is 0 Å². The van der Waals surface area contributed by atoms with Crippen molar-refractivity contribution in [1.29, 1.82) is 0 Å². The average molecular weight is 628 g/mol. The quantitative estimate of drug-likeness (QED) is 0.189. The van der Waals surface area contributed by atoms with Crippen LogP contribution in [0.1, 0.15) is 47.9 Å². The number of benzene rings is 3. The number of carbonyl (C=O) groups is 1. The predicted octanol–water partition coefficient (Wildman–Crippen LogP) is 7.04. The van der Waals surface area contributed by atoms with Crippen LogP contribution in [0.4, 0.5) is 39.9 Å². The first kappa shape index (κ1) is 31.6. The largest absolute Gasteiger partial charge is 0.461 e. The van der Waals surface area contributed by atoms with E-state index >= 15 is 4.39 Å². The van der Waals surface area contributed by atoms with Gasteiger partial charge in [-0.3, -0.25) is 0 Å². The Morgan fingerprint density at radius 2 is 1.64 bits per heavy atom. The number of nitrogens with one attached hydrogen (secondary N) is 3. The van der Waals surface area contributed by atoms with E-state index in [1.54, 1.807) is 30.3 Å². The first-order valence-corrected chi connectivity index (χ1v) is 13.9. The van der Waals surface area contributed by atoms with Crippen LogP contribution in [-0.2, 0) is 18.5 Å². The molecule has 0 aromatic heterocycles. The Morgan fingerprint density at radius 1 is 0.932 bits per heavy atom. The molecule has 1 atom stereocenters. The van der Waals surface area contributed by atoms with Crippen molar-refractivity contribution < 1.29 is 44.7 Å². The van der Waals surface area contributed by atoms with Gasteiger partial charge in [0.15, 0.2) is 0 Å². The molecule has 0 spiro atoms. The minimum atomic E-state index is -4.97. The number of halogens is 8. The van der Waals surface area contributed by atoms with Crippen LogP contribution in [0.15, 0.2) is 66.7 Å². The van der Waals surface area contributed by atoms with Crippen molar-refractivity contribution in [2.24, 2.45) is 0 Å². The zero-order valence-corrected chi connectivity index (χ0v) is 23.2. The molecule has 3 aromatic rings. The van der Waals surface area contributed by atoms with E-state index < -0.39 is 66.3 Å². The molecule has 0 saturated heterocycles. The van der Waals surface area contributed by atoms with Crippen LogP contribution in [0.5, 0.6) is 5.75 Å². The zero-order chi connectivity index (χ0) is 31.7. The number of hydrogen-bond donors (Lipinski definition) is 3.